The fourth-order valence-electron chi connectivity index (χ4n) is 3.74. The summed E-state index contributed by atoms with van der Waals surface area (Å²) in [5.74, 6) is -2.59. The number of nitrogens with one attached hydrogen (secondary N) is 1. The lowest BCUT2D eigenvalue weighted by atomic mass is 9.84. The van der Waals surface area contributed by atoms with Gasteiger partial charge in [0, 0.05) is 6.20 Å². The lowest BCUT2D eigenvalue weighted by Crippen LogP contribution is -2.29. The van der Waals surface area contributed by atoms with Crippen LogP contribution in [0.2, 0.25) is 5.02 Å². The number of hydrogen-bond donors (Lipinski definition) is 1. The van der Waals surface area contributed by atoms with Crippen molar-refractivity contribution in [3.05, 3.63) is 76.1 Å². The summed E-state index contributed by atoms with van der Waals surface area (Å²) in [6, 6.07) is 3.93. The van der Waals surface area contributed by atoms with Crippen molar-refractivity contribution < 1.29 is 27.2 Å². The monoisotopic (exact) mass is 466 g/mol. The fraction of sp³-hybridized carbons (Fsp3) is 0.238. The summed E-state index contributed by atoms with van der Waals surface area (Å²) in [6.45, 7) is 1.80. The van der Waals surface area contributed by atoms with Crippen molar-refractivity contribution in [3.63, 3.8) is 0 Å². The largest absolute Gasteiger partial charge is 0.417 e. The molecular formula is C21H15ClF4N4O2. The molecule has 0 aliphatic carbocycles. The van der Waals surface area contributed by atoms with Crippen LogP contribution >= 0.6 is 11.6 Å². The zero-order chi connectivity index (χ0) is 23.2. The van der Waals surface area contributed by atoms with Gasteiger partial charge in [0.1, 0.15) is 11.5 Å². The summed E-state index contributed by atoms with van der Waals surface area (Å²) in [6.07, 6.45) is -0.899. The minimum Gasteiger partial charge on any atom is -0.319 e. The third-order valence-corrected chi connectivity index (χ3v) is 5.57. The molecular weight excluding hydrogens is 452 g/mol. The van der Waals surface area contributed by atoms with E-state index in [1.165, 1.54) is 23.1 Å². The molecule has 0 spiro atoms. The van der Waals surface area contributed by atoms with Gasteiger partial charge in [0.25, 0.3) is 5.91 Å². The Bertz CT molecular complexity index is 1220. The Labute approximate surface area is 184 Å². The van der Waals surface area contributed by atoms with E-state index in [4.69, 9.17) is 11.6 Å². The second-order valence-corrected chi connectivity index (χ2v) is 7.84. The maximum atomic E-state index is 13.4. The standard InChI is InChI=1S/C21H15ClF4N4O2/c1-10-4-14(11-2-3-15(16(22)6-11)21(24,25)26)19(31)18-17(9-28-30(10)18)29-20(32)12-5-13(23)8-27-7-12/h2-3,5-10,14H,4H2,1H3,(H,29,32)/t10-,14?/m0/s1. The normalized spacial score (nSPS) is 18.4. The van der Waals surface area contributed by atoms with E-state index in [9.17, 15) is 27.2 Å². The molecule has 1 aliphatic rings. The SMILES string of the molecule is C[C@H]1CC(c2ccc(C(F)(F)F)c(Cl)c2)C(=O)c2c(NC(=O)c3cncc(F)c3)cnn21. The lowest BCUT2D eigenvalue weighted by Gasteiger charge is -2.28. The molecule has 0 radical (unpaired) electrons. The molecule has 4 rings (SSSR count). The highest BCUT2D eigenvalue weighted by atomic mass is 35.5. The molecule has 3 heterocycles. The average molecular weight is 467 g/mol. The van der Waals surface area contributed by atoms with E-state index in [1.807, 2.05) is 0 Å². The zero-order valence-electron chi connectivity index (χ0n) is 16.5. The number of halogens is 5. The highest BCUT2D eigenvalue weighted by Gasteiger charge is 2.38. The van der Waals surface area contributed by atoms with E-state index >= 15 is 0 Å². The third-order valence-electron chi connectivity index (χ3n) is 5.26. The Hall–Kier alpha value is -3.27. The molecule has 1 amide bonds. The van der Waals surface area contributed by atoms with E-state index in [0.29, 0.717) is 5.56 Å². The molecule has 0 bridgehead atoms. The number of aromatic nitrogens is 3. The van der Waals surface area contributed by atoms with E-state index in [0.717, 1.165) is 24.4 Å². The van der Waals surface area contributed by atoms with Crippen LogP contribution in [0.1, 0.15) is 57.3 Å². The van der Waals surface area contributed by atoms with Crippen molar-refractivity contribution in [2.24, 2.45) is 0 Å². The van der Waals surface area contributed by atoms with Crippen LogP contribution in [-0.4, -0.2) is 26.5 Å². The Morgan fingerprint density at radius 2 is 1.97 bits per heavy atom. The molecule has 2 atom stereocenters. The number of carbonyl (C=O) groups is 2. The number of alkyl halides is 3. The summed E-state index contributed by atoms with van der Waals surface area (Å²) in [4.78, 5) is 29.4. The number of nitrogens with zero attached hydrogens (tertiary/aromatic N) is 3. The first-order valence-corrected chi connectivity index (χ1v) is 9.84. The van der Waals surface area contributed by atoms with E-state index in [2.05, 4.69) is 15.4 Å². The molecule has 11 heteroatoms. The first kappa shape index (κ1) is 21.9. The number of ketones is 1. The molecule has 1 aliphatic heterocycles. The first-order chi connectivity index (χ1) is 15.1. The Balaban J connectivity index is 1.66. The number of anilines is 1. The third kappa shape index (κ3) is 3.97. The number of benzene rings is 1. The van der Waals surface area contributed by atoms with Crippen LogP contribution in [0.15, 0.2) is 42.9 Å². The quantitative estimate of drug-likeness (QED) is 0.533. The van der Waals surface area contributed by atoms with E-state index in [-0.39, 0.29) is 29.4 Å². The molecule has 1 N–H and O–H groups in total. The predicted octanol–water partition coefficient (Wildman–Crippen LogP) is 5.27. The van der Waals surface area contributed by atoms with Gasteiger partial charge in [0.05, 0.1) is 46.2 Å². The maximum Gasteiger partial charge on any atom is 0.417 e. The molecule has 6 nitrogen and oxygen atoms in total. The van der Waals surface area contributed by atoms with E-state index in [1.54, 1.807) is 6.92 Å². The van der Waals surface area contributed by atoms with Gasteiger partial charge in [-0.3, -0.25) is 19.3 Å². The summed E-state index contributed by atoms with van der Waals surface area (Å²) in [5, 5.41) is 6.19. The van der Waals surface area contributed by atoms with Crippen molar-refractivity contribution in [1.29, 1.82) is 0 Å². The summed E-state index contributed by atoms with van der Waals surface area (Å²) in [5.41, 5.74) is -0.492. The van der Waals surface area contributed by atoms with Crippen LogP contribution in [0.4, 0.5) is 23.2 Å². The molecule has 1 aromatic carbocycles. The second-order valence-electron chi connectivity index (χ2n) is 7.44. The van der Waals surface area contributed by atoms with Crippen molar-refractivity contribution in [2.75, 3.05) is 5.32 Å². The predicted molar refractivity (Wildman–Crippen MR) is 107 cm³/mol. The molecule has 1 unspecified atom stereocenters. The van der Waals surface area contributed by atoms with Crippen LogP contribution in [0.5, 0.6) is 0 Å². The maximum absolute atomic E-state index is 13.4. The van der Waals surface area contributed by atoms with Crippen molar-refractivity contribution in [1.82, 2.24) is 14.8 Å². The summed E-state index contributed by atoms with van der Waals surface area (Å²) in [7, 11) is 0. The highest BCUT2D eigenvalue weighted by Crippen LogP contribution is 2.41. The number of fused-ring (bicyclic) bond motifs is 1. The Kier molecular flexibility index (Phi) is 5.49. The van der Waals surface area contributed by atoms with Gasteiger partial charge in [-0.15, -0.1) is 0 Å². The smallest absolute Gasteiger partial charge is 0.319 e. The van der Waals surface area contributed by atoms with Crippen LogP contribution < -0.4 is 5.32 Å². The minimum atomic E-state index is -4.61. The number of hydrogen-bond acceptors (Lipinski definition) is 4. The van der Waals surface area contributed by atoms with Crippen molar-refractivity contribution in [3.8, 4) is 0 Å². The van der Waals surface area contributed by atoms with Crippen LogP contribution in [0.25, 0.3) is 0 Å². The second kappa shape index (κ2) is 8.01. The van der Waals surface area contributed by atoms with E-state index < -0.39 is 40.2 Å². The molecule has 2 aromatic heterocycles. The van der Waals surface area contributed by atoms with Gasteiger partial charge in [-0.2, -0.15) is 18.3 Å². The number of pyridine rings is 1. The van der Waals surface area contributed by atoms with Gasteiger partial charge in [0.2, 0.25) is 0 Å². The Morgan fingerprint density at radius 1 is 1.22 bits per heavy atom. The summed E-state index contributed by atoms with van der Waals surface area (Å²) < 4.78 is 53.9. The van der Waals surface area contributed by atoms with Gasteiger partial charge in [-0.1, -0.05) is 17.7 Å². The van der Waals surface area contributed by atoms with Gasteiger partial charge >= 0.3 is 6.18 Å². The van der Waals surface area contributed by atoms with Crippen LogP contribution in [-0.2, 0) is 6.18 Å². The first-order valence-electron chi connectivity index (χ1n) is 9.46. The zero-order valence-corrected chi connectivity index (χ0v) is 17.2. The number of amides is 1. The molecule has 0 saturated heterocycles. The molecule has 0 fully saturated rings. The minimum absolute atomic E-state index is 0.0488. The lowest BCUT2D eigenvalue weighted by molar-refractivity contribution is -0.137. The molecule has 32 heavy (non-hydrogen) atoms. The average Bonchev–Trinajstić information content (AvgIpc) is 3.14. The summed E-state index contributed by atoms with van der Waals surface area (Å²) >= 11 is 5.83. The molecule has 3 aromatic rings. The molecule has 0 saturated carbocycles. The number of rotatable bonds is 3. The highest BCUT2D eigenvalue weighted by molar-refractivity contribution is 6.31. The van der Waals surface area contributed by atoms with Gasteiger partial charge in [-0.05, 0) is 37.1 Å². The topological polar surface area (TPSA) is 76.9 Å². The molecule has 166 valence electrons. The van der Waals surface area contributed by atoms with Crippen molar-refractivity contribution >= 4 is 29.0 Å². The van der Waals surface area contributed by atoms with Gasteiger partial charge in [-0.25, -0.2) is 4.39 Å². The van der Waals surface area contributed by atoms with Gasteiger partial charge < -0.3 is 5.32 Å². The number of carbonyl (C=O) groups excluding carboxylic acids is 2. The fourth-order valence-corrected chi connectivity index (χ4v) is 4.04. The van der Waals surface area contributed by atoms with Crippen LogP contribution in [0.3, 0.4) is 0 Å². The van der Waals surface area contributed by atoms with Crippen molar-refractivity contribution in [2.45, 2.75) is 31.5 Å². The Morgan fingerprint density at radius 3 is 2.62 bits per heavy atom. The van der Waals surface area contributed by atoms with Gasteiger partial charge in [0.15, 0.2) is 5.78 Å². The van der Waals surface area contributed by atoms with Crippen LogP contribution in [0, 0.1) is 5.82 Å². The number of Topliss-reactive ketones (excluding diaryl/α,β-unsaturated/α-hetero) is 1.